The van der Waals surface area contributed by atoms with E-state index in [0.717, 1.165) is 16.7 Å². The summed E-state index contributed by atoms with van der Waals surface area (Å²) in [4.78, 5) is 11.5. The Kier molecular flexibility index (Phi) is 5.42. The molecule has 0 amide bonds. The molecule has 6 nitrogen and oxygen atoms in total. The zero-order valence-corrected chi connectivity index (χ0v) is 13.9. The van der Waals surface area contributed by atoms with Gasteiger partial charge in [-0.15, -0.1) is 0 Å². The van der Waals surface area contributed by atoms with Gasteiger partial charge in [0.25, 0.3) is 0 Å². The van der Waals surface area contributed by atoms with Crippen LogP contribution in [0.3, 0.4) is 0 Å². The zero-order chi connectivity index (χ0) is 17.7. The maximum absolute atomic E-state index is 11.5. The van der Waals surface area contributed by atoms with Crippen molar-refractivity contribution in [1.29, 1.82) is 5.41 Å². The number of hydrogen-bond donors (Lipinski definition) is 2. The van der Waals surface area contributed by atoms with E-state index in [1.165, 1.54) is 18.1 Å². The lowest BCUT2D eigenvalue weighted by Gasteiger charge is -2.17. The van der Waals surface area contributed by atoms with Gasteiger partial charge >= 0.3 is 5.97 Å². The van der Waals surface area contributed by atoms with Crippen LogP contribution in [-0.4, -0.2) is 35.5 Å². The van der Waals surface area contributed by atoms with Gasteiger partial charge in [-0.05, 0) is 43.2 Å². The molecule has 2 aromatic rings. The van der Waals surface area contributed by atoms with E-state index < -0.39 is 5.97 Å². The molecule has 2 rings (SSSR count). The van der Waals surface area contributed by atoms with Crippen LogP contribution in [0.4, 0.5) is 0 Å². The fourth-order valence-electron chi connectivity index (χ4n) is 2.32. The Morgan fingerprint density at radius 1 is 1.12 bits per heavy atom. The van der Waals surface area contributed by atoms with Gasteiger partial charge in [-0.2, -0.15) is 5.11 Å². The molecule has 0 bridgehead atoms. The van der Waals surface area contributed by atoms with Crippen LogP contribution in [0.25, 0.3) is 11.1 Å². The molecule has 124 valence electrons. The fraction of sp³-hybridized carbons (Fsp3) is 0.222. The first-order valence-electron chi connectivity index (χ1n) is 7.58. The Morgan fingerprint density at radius 3 is 2.29 bits per heavy atom. The van der Waals surface area contributed by atoms with Gasteiger partial charge in [-0.3, -0.25) is 5.41 Å². The van der Waals surface area contributed by atoms with Gasteiger partial charge in [0.2, 0.25) is 0 Å². The van der Waals surface area contributed by atoms with E-state index in [1.54, 1.807) is 12.1 Å². The summed E-state index contributed by atoms with van der Waals surface area (Å²) in [5.74, 6) is -0.919. The molecule has 2 N–H and O–H groups in total. The van der Waals surface area contributed by atoms with E-state index in [4.69, 9.17) is 5.41 Å². The molecular formula is C18H20N4O2. The highest BCUT2D eigenvalue weighted by Crippen LogP contribution is 2.24. The largest absolute Gasteiger partial charge is 0.478 e. The predicted octanol–water partition coefficient (Wildman–Crippen LogP) is 4.00. The second kappa shape index (κ2) is 7.50. The van der Waals surface area contributed by atoms with Crippen LogP contribution in [0, 0.1) is 12.3 Å². The number of rotatable bonds is 5. The summed E-state index contributed by atoms with van der Waals surface area (Å²) in [5, 5.41) is 26.7. The molecule has 0 saturated carbocycles. The standard InChI is InChI=1S/C18H20N4O2/c1-4-22(21-20-3)17(19)15-9-14(10-16(11-15)18(23)24)13-7-5-12(2)6-8-13/h5-11,19H,4H2,1-3H3,(H,23,24)/b19-17?,21-20-. The molecular weight excluding hydrogens is 304 g/mol. The second-order valence-electron chi connectivity index (χ2n) is 5.32. The van der Waals surface area contributed by atoms with Gasteiger partial charge in [0, 0.05) is 12.1 Å². The van der Waals surface area contributed by atoms with Gasteiger partial charge in [0.05, 0.1) is 12.6 Å². The van der Waals surface area contributed by atoms with Crippen molar-refractivity contribution in [2.24, 2.45) is 10.3 Å². The average Bonchev–Trinajstić information content (AvgIpc) is 2.59. The van der Waals surface area contributed by atoms with Crippen molar-refractivity contribution in [3.8, 4) is 11.1 Å². The van der Waals surface area contributed by atoms with E-state index in [-0.39, 0.29) is 11.4 Å². The number of benzene rings is 2. The number of hydrogen-bond acceptors (Lipinski definition) is 4. The van der Waals surface area contributed by atoms with Crippen LogP contribution in [0.5, 0.6) is 0 Å². The van der Waals surface area contributed by atoms with Crippen LogP contribution < -0.4 is 0 Å². The van der Waals surface area contributed by atoms with Gasteiger partial charge in [0.1, 0.15) is 5.84 Å². The molecule has 0 unspecified atom stereocenters. The van der Waals surface area contributed by atoms with Crippen LogP contribution in [0.15, 0.2) is 52.8 Å². The molecule has 6 heteroatoms. The molecule has 0 atom stereocenters. The van der Waals surface area contributed by atoms with E-state index in [1.807, 2.05) is 38.1 Å². The van der Waals surface area contributed by atoms with Crippen LogP contribution in [-0.2, 0) is 0 Å². The number of nitrogens with one attached hydrogen (secondary N) is 1. The lowest BCUT2D eigenvalue weighted by atomic mass is 9.98. The summed E-state index contributed by atoms with van der Waals surface area (Å²) in [5.41, 5.74) is 3.40. The molecule has 0 saturated heterocycles. The molecule has 0 radical (unpaired) electrons. The number of carboxylic acids is 1. The minimum Gasteiger partial charge on any atom is -0.478 e. The van der Waals surface area contributed by atoms with E-state index in [0.29, 0.717) is 12.1 Å². The molecule has 2 aromatic carbocycles. The molecule has 0 aliphatic rings. The number of carbonyl (C=O) groups is 1. The summed E-state index contributed by atoms with van der Waals surface area (Å²) in [6.07, 6.45) is 0. The van der Waals surface area contributed by atoms with Crippen molar-refractivity contribution in [2.45, 2.75) is 13.8 Å². The van der Waals surface area contributed by atoms with Crippen molar-refractivity contribution in [1.82, 2.24) is 5.01 Å². The Labute approximate surface area is 140 Å². The van der Waals surface area contributed by atoms with E-state index in [9.17, 15) is 9.90 Å². The predicted molar refractivity (Wildman–Crippen MR) is 93.6 cm³/mol. The Morgan fingerprint density at radius 2 is 1.75 bits per heavy atom. The van der Waals surface area contributed by atoms with Gasteiger partial charge in [-0.25, -0.2) is 9.80 Å². The van der Waals surface area contributed by atoms with Crippen molar-refractivity contribution >= 4 is 11.8 Å². The lowest BCUT2D eigenvalue weighted by molar-refractivity contribution is 0.0697. The summed E-state index contributed by atoms with van der Waals surface area (Å²) < 4.78 is 0. The topological polar surface area (TPSA) is 89.1 Å². The van der Waals surface area contributed by atoms with E-state index in [2.05, 4.69) is 10.3 Å². The number of carboxylic acid groups (broad SMARTS) is 1. The third-order valence-electron chi connectivity index (χ3n) is 3.59. The summed E-state index contributed by atoms with van der Waals surface area (Å²) >= 11 is 0. The monoisotopic (exact) mass is 324 g/mol. The maximum atomic E-state index is 11.5. The SMILES string of the molecule is CCN(/N=N\C)C(=N)c1cc(C(=O)O)cc(-c2ccc(C)cc2)c1. The number of amidine groups is 1. The minimum atomic E-state index is -1.03. The maximum Gasteiger partial charge on any atom is 0.335 e. The Bertz CT molecular complexity index is 782. The quantitative estimate of drug-likeness (QED) is 0.377. The molecule has 0 aromatic heterocycles. The lowest BCUT2D eigenvalue weighted by Crippen LogP contribution is -2.25. The Hall–Kier alpha value is -3.02. The smallest absolute Gasteiger partial charge is 0.335 e. The number of aryl methyl sites for hydroxylation is 1. The third-order valence-corrected chi connectivity index (χ3v) is 3.59. The van der Waals surface area contributed by atoms with Crippen LogP contribution in [0.1, 0.15) is 28.4 Å². The molecule has 0 aliphatic heterocycles. The molecule has 0 heterocycles. The first-order valence-corrected chi connectivity index (χ1v) is 7.58. The van der Waals surface area contributed by atoms with Crippen molar-refractivity contribution in [3.05, 3.63) is 59.2 Å². The summed E-state index contributed by atoms with van der Waals surface area (Å²) in [7, 11) is 1.53. The van der Waals surface area contributed by atoms with Crippen molar-refractivity contribution in [2.75, 3.05) is 13.6 Å². The second-order valence-corrected chi connectivity index (χ2v) is 5.32. The summed E-state index contributed by atoms with van der Waals surface area (Å²) in [6, 6.07) is 12.7. The first-order chi connectivity index (χ1) is 11.5. The Balaban J connectivity index is 2.54. The van der Waals surface area contributed by atoms with E-state index >= 15 is 0 Å². The fourth-order valence-corrected chi connectivity index (χ4v) is 2.32. The van der Waals surface area contributed by atoms with Crippen LogP contribution >= 0.6 is 0 Å². The highest BCUT2D eigenvalue weighted by atomic mass is 16.4. The van der Waals surface area contributed by atoms with Crippen molar-refractivity contribution < 1.29 is 9.90 Å². The minimum absolute atomic E-state index is 0.111. The molecule has 0 fully saturated rings. The molecule has 0 spiro atoms. The van der Waals surface area contributed by atoms with Crippen molar-refractivity contribution in [3.63, 3.8) is 0 Å². The third kappa shape index (κ3) is 3.84. The molecule has 24 heavy (non-hydrogen) atoms. The first kappa shape index (κ1) is 17.3. The van der Waals surface area contributed by atoms with Gasteiger partial charge in [0.15, 0.2) is 0 Å². The van der Waals surface area contributed by atoms with Crippen LogP contribution in [0.2, 0.25) is 0 Å². The number of nitrogens with zero attached hydrogens (tertiary/aromatic N) is 3. The highest BCUT2D eigenvalue weighted by Gasteiger charge is 2.15. The van der Waals surface area contributed by atoms with Gasteiger partial charge in [-0.1, -0.05) is 35.1 Å². The number of aromatic carboxylic acids is 1. The molecule has 0 aliphatic carbocycles. The zero-order valence-electron chi connectivity index (χ0n) is 13.9. The average molecular weight is 324 g/mol. The normalized spacial score (nSPS) is 10.8. The van der Waals surface area contributed by atoms with Gasteiger partial charge < -0.3 is 5.11 Å². The highest BCUT2D eigenvalue weighted by molar-refractivity contribution is 6.00. The summed E-state index contributed by atoms with van der Waals surface area (Å²) in [6.45, 7) is 4.31.